The van der Waals surface area contributed by atoms with Crippen LogP contribution < -0.4 is 4.31 Å². The van der Waals surface area contributed by atoms with E-state index in [-0.39, 0.29) is 17.3 Å². The second-order valence-electron chi connectivity index (χ2n) is 6.60. The number of halogens is 2. The number of hydrogen-bond acceptors (Lipinski definition) is 3. The first-order valence-corrected chi connectivity index (χ1v) is 9.90. The van der Waals surface area contributed by atoms with Gasteiger partial charge in [0, 0.05) is 19.2 Å². The molecule has 134 valence electrons. The molecule has 2 aliphatic heterocycles. The molecule has 0 atom stereocenters. The number of aryl methyl sites for hydroxylation is 2. The molecule has 0 radical (unpaired) electrons. The lowest BCUT2D eigenvalue weighted by Crippen LogP contribution is -2.36. The van der Waals surface area contributed by atoms with Gasteiger partial charge in [0.15, 0.2) is 16.7 Å². The summed E-state index contributed by atoms with van der Waals surface area (Å²) in [5.74, 6) is -1.31. The van der Waals surface area contributed by atoms with E-state index >= 15 is 0 Å². The van der Waals surface area contributed by atoms with Crippen LogP contribution in [0.1, 0.15) is 36.3 Å². The predicted octanol–water partition coefficient (Wildman–Crippen LogP) is 2.95. The number of aromatic nitrogens is 2. The molecule has 3 heterocycles. The smallest absolute Gasteiger partial charge is 0.283 e. The van der Waals surface area contributed by atoms with Gasteiger partial charge in [-0.3, -0.25) is 4.31 Å². The normalized spacial score (nSPS) is 17.3. The lowest BCUT2D eigenvalue weighted by atomic mass is 10.0. The Kier molecular flexibility index (Phi) is 3.82. The van der Waals surface area contributed by atoms with Crippen molar-refractivity contribution in [3.63, 3.8) is 0 Å². The minimum Gasteiger partial charge on any atom is -0.331 e. The van der Waals surface area contributed by atoms with Crippen LogP contribution in [0.4, 0.5) is 14.5 Å². The first-order valence-electron chi connectivity index (χ1n) is 8.46. The molecule has 1 aromatic carbocycles. The lowest BCUT2D eigenvalue weighted by Gasteiger charge is -2.30. The molecule has 0 aliphatic carbocycles. The molecular formula is C17H19F2N3O2S. The zero-order valence-electron chi connectivity index (χ0n) is 13.9. The molecule has 5 nitrogen and oxygen atoms in total. The molecule has 0 spiro atoms. The van der Waals surface area contributed by atoms with Crippen LogP contribution in [-0.2, 0) is 29.4 Å². The molecule has 0 saturated carbocycles. The minimum atomic E-state index is -3.91. The third-order valence-electron chi connectivity index (χ3n) is 5.00. The van der Waals surface area contributed by atoms with Gasteiger partial charge in [-0.2, -0.15) is 8.42 Å². The SMILES string of the molecule is Cc1nc(S(=O)(=O)N2CCCc3cc(F)c(F)cc32)c2n1CCCC2. The molecule has 2 aliphatic rings. The Morgan fingerprint density at radius 3 is 2.60 bits per heavy atom. The molecule has 25 heavy (non-hydrogen) atoms. The second kappa shape index (κ2) is 5.79. The number of rotatable bonds is 2. The number of fused-ring (bicyclic) bond motifs is 2. The van der Waals surface area contributed by atoms with Gasteiger partial charge in [-0.25, -0.2) is 13.8 Å². The highest BCUT2D eigenvalue weighted by Crippen LogP contribution is 2.35. The Labute approximate surface area is 145 Å². The van der Waals surface area contributed by atoms with E-state index in [1.54, 1.807) is 6.92 Å². The fraction of sp³-hybridized carbons (Fsp3) is 0.471. The summed E-state index contributed by atoms with van der Waals surface area (Å²) in [6.45, 7) is 2.80. The summed E-state index contributed by atoms with van der Waals surface area (Å²) in [6.07, 6.45) is 3.67. The van der Waals surface area contributed by atoms with Gasteiger partial charge in [-0.1, -0.05) is 0 Å². The van der Waals surface area contributed by atoms with E-state index in [9.17, 15) is 17.2 Å². The summed E-state index contributed by atoms with van der Waals surface area (Å²) >= 11 is 0. The molecule has 0 N–H and O–H groups in total. The van der Waals surface area contributed by atoms with Gasteiger partial charge < -0.3 is 4.57 Å². The van der Waals surface area contributed by atoms with E-state index in [2.05, 4.69) is 4.98 Å². The summed E-state index contributed by atoms with van der Waals surface area (Å²) in [6, 6.07) is 2.08. The number of anilines is 1. The molecule has 0 amide bonds. The Balaban J connectivity index is 1.85. The van der Waals surface area contributed by atoms with Crippen molar-refractivity contribution >= 4 is 15.7 Å². The maximum absolute atomic E-state index is 13.7. The van der Waals surface area contributed by atoms with Crippen LogP contribution in [0.15, 0.2) is 17.2 Å². The van der Waals surface area contributed by atoms with Crippen LogP contribution in [0.5, 0.6) is 0 Å². The second-order valence-corrected chi connectivity index (χ2v) is 8.37. The summed E-state index contributed by atoms with van der Waals surface area (Å²) in [5, 5.41) is 0.0577. The molecular weight excluding hydrogens is 348 g/mol. The molecule has 0 fully saturated rings. The lowest BCUT2D eigenvalue weighted by molar-refractivity contribution is 0.505. The molecule has 0 bridgehead atoms. The minimum absolute atomic E-state index is 0.0577. The molecule has 4 rings (SSSR count). The van der Waals surface area contributed by atoms with Crippen molar-refractivity contribution in [2.75, 3.05) is 10.8 Å². The summed E-state index contributed by atoms with van der Waals surface area (Å²) in [5.41, 5.74) is 1.46. The van der Waals surface area contributed by atoms with Gasteiger partial charge in [0.1, 0.15) is 5.82 Å². The monoisotopic (exact) mass is 367 g/mol. The predicted molar refractivity (Wildman–Crippen MR) is 89.1 cm³/mol. The summed E-state index contributed by atoms with van der Waals surface area (Å²) in [4.78, 5) is 4.32. The quantitative estimate of drug-likeness (QED) is 0.820. The Bertz CT molecular complexity index is 953. The number of nitrogens with zero attached hydrogens (tertiary/aromatic N) is 3. The molecule has 2 aromatic rings. The topological polar surface area (TPSA) is 55.2 Å². The number of benzene rings is 1. The van der Waals surface area contributed by atoms with E-state index in [0.29, 0.717) is 30.7 Å². The third kappa shape index (κ3) is 2.54. The zero-order chi connectivity index (χ0) is 17.8. The van der Waals surface area contributed by atoms with Gasteiger partial charge >= 0.3 is 0 Å². The van der Waals surface area contributed by atoms with Crippen LogP contribution in [0.3, 0.4) is 0 Å². The van der Waals surface area contributed by atoms with E-state index in [1.807, 2.05) is 4.57 Å². The average molecular weight is 367 g/mol. The maximum Gasteiger partial charge on any atom is 0.283 e. The van der Waals surface area contributed by atoms with Crippen LogP contribution in [0.2, 0.25) is 0 Å². The molecule has 8 heteroatoms. The Hall–Kier alpha value is -1.96. The van der Waals surface area contributed by atoms with Crippen molar-refractivity contribution < 1.29 is 17.2 Å². The van der Waals surface area contributed by atoms with Crippen molar-refractivity contribution in [2.24, 2.45) is 0 Å². The highest BCUT2D eigenvalue weighted by molar-refractivity contribution is 7.92. The highest BCUT2D eigenvalue weighted by atomic mass is 32.2. The molecule has 1 aromatic heterocycles. The fourth-order valence-electron chi connectivity index (χ4n) is 3.79. The first kappa shape index (κ1) is 16.5. The maximum atomic E-state index is 13.7. The van der Waals surface area contributed by atoms with Crippen molar-refractivity contribution in [3.8, 4) is 0 Å². The van der Waals surface area contributed by atoms with Gasteiger partial charge in [0.25, 0.3) is 10.0 Å². The van der Waals surface area contributed by atoms with Crippen molar-refractivity contribution in [2.45, 2.75) is 50.6 Å². The van der Waals surface area contributed by atoms with E-state index in [0.717, 1.165) is 37.2 Å². The third-order valence-corrected chi connectivity index (χ3v) is 6.78. The van der Waals surface area contributed by atoms with Gasteiger partial charge in [0.2, 0.25) is 0 Å². The summed E-state index contributed by atoms with van der Waals surface area (Å²) in [7, 11) is -3.91. The Morgan fingerprint density at radius 2 is 1.80 bits per heavy atom. The van der Waals surface area contributed by atoms with Crippen LogP contribution in [-0.4, -0.2) is 24.5 Å². The number of hydrogen-bond donors (Lipinski definition) is 0. The number of sulfonamides is 1. The fourth-order valence-corrected chi connectivity index (χ4v) is 5.55. The highest BCUT2D eigenvalue weighted by Gasteiger charge is 2.35. The van der Waals surface area contributed by atoms with Crippen molar-refractivity contribution in [3.05, 3.63) is 40.8 Å². The number of imidazole rings is 1. The van der Waals surface area contributed by atoms with Crippen molar-refractivity contribution in [1.29, 1.82) is 0 Å². The van der Waals surface area contributed by atoms with Gasteiger partial charge in [-0.05, 0) is 50.7 Å². The van der Waals surface area contributed by atoms with E-state index in [4.69, 9.17) is 0 Å². The van der Waals surface area contributed by atoms with Gasteiger partial charge in [0.05, 0.1) is 11.4 Å². The first-order chi connectivity index (χ1) is 11.9. The van der Waals surface area contributed by atoms with E-state index in [1.165, 1.54) is 4.31 Å². The van der Waals surface area contributed by atoms with Crippen molar-refractivity contribution in [1.82, 2.24) is 9.55 Å². The van der Waals surface area contributed by atoms with Crippen LogP contribution >= 0.6 is 0 Å². The molecule has 0 unspecified atom stereocenters. The summed E-state index contributed by atoms with van der Waals surface area (Å²) < 4.78 is 56.9. The molecule has 0 saturated heterocycles. The standard InChI is InChI=1S/C17H19F2N3O2S/c1-11-20-17(15-6-2-3-7-21(11)15)25(23,24)22-8-4-5-12-9-13(18)14(19)10-16(12)22/h9-10H,2-8H2,1H3. The largest absolute Gasteiger partial charge is 0.331 e. The van der Waals surface area contributed by atoms with Gasteiger partial charge in [-0.15, -0.1) is 0 Å². The van der Waals surface area contributed by atoms with Crippen LogP contribution in [0, 0.1) is 18.6 Å². The zero-order valence-corrected chi connectivity index (χ0v) is 14.7. The van der Waals surface area contributed by atoms with E-state index < -0.39 is 21.7 Å². The average Bonchev–Trinajstić information content (AvgIpc) is 2.93. The van der Waals surface area contributed by atoms with Crippen LogP contribution in [0.25, 0.3) is 0 Å². The Morgan fingerprint density at radius 1 is 1.04 bits per heavy atom.